The summed E-state index contributed by atoms with van der Waals surface area (Å²) < 4.78 is 0. The van der Waals surface area contributed by atoms with Crippen LogP contribution in [0.3, 0.4) is 0 Å². The molecule has 0 unspecified atom stereocenters. The van der Waals surface area contributed by atoms with Gasteiger partial charge in [0.15, 0.2) is 0 Å². The van der Waals surface area contributed by atoms with Gasteiger partial charge >= 0.3 is 0 Å². The van der Waals surface area contributed by atoms with E-state index in [0.717, 1.165) is 42.5 Å². The molecule has 0 heterocycles. The topological polar surface area (TPSA) is 55.1 Å². The minimum Gasteiger partial charge on any atom is -0.326 e. The highest BCUT2D eigenvalue weighted by molar-refractivity contribution is 5.93. The van der Waals surface area contributed by atoms with Crippen molar-refractivity contribution in [2.75, 3.05) is 11.9 Å². The van der Waals surface area contributed by atoms with Crippen LogP contribution in [0, 0.1) is 24.7 Å². The summed E-state index contributed by atoms with van der Waals surface area (Å²) in [4.78, 5) is 12.3. The first-order chi connectivity index (χ1) is 10.1. The van der Waals surface area contributed by atoms with Crippen LogP contribution in [0.2, 0.25) is 0 Å². The van der Waals surface area contributed by atoms with E-state index in [1.165, 1.54) is 0 Å². The van der Waals surface area contributed by atoms with Gasteiger partial charge in [-0.25, -0.2) is 0 Å². The molecule has 3 N–H and O–H groups in total. The van der Waals surface area contributed by atoms with Gasteiger partial charge in [0.2, 0.25) is 5.91 Å². The Bertz CT molecular complexity index is 520. The van der Waals surface area contributed by atoms with E-state index in [0.29, 0.717) is 6.54 Å². The Morgan fingerprint density at radius 2 is 1.95 bits per heavy atom. The van der Waals surface area contributed by atoms with Crippen LogP contribution in [0.5, 0.6) is 0 Å². The number of nitrogens with two attached hydrogens (primary N) is 1. The smallest absolute Gasteiger partial charge is 0.227 e. The monoisotopic (exact) mass is 286 g/mol. The number of rotatable bonds is 6. The average molecular weight is 286 g/mol. The molecule has 1 amide bonds. The largest absolute Gasteiger partial charge is 0.326 e. The average Bonchev–Trinajstić information content (AvgIpc) is 2.47. The molecule has 1 rings (SSSR count). The third-order valence-electron chi connectivity index (χ3n) is 3.46. The van der Waals surface area contributed by atoms with E-state index in [4.69, 9.17) is 5.73 Å². The highest BCUT2D eigenvalue weighted by Gasteiger charge is 2.17. The van der Waals surface area contributed by atoms with Gasteiger partial charge in [-0.2, -0.15) is 0 Å². The van der Waals surface area contributed by atoms with Gasteiger partial charge < -0.3 is 11.1 Å². The maximum absolute atomic E-state index is 12.3. The quantitative estimate of drug-likeness (QED) is 0.787. The zero-order valence-corrected chi connectivity index (χ0v) is 13.3. The summed E-state index contributed by atoms with van der Waals surface area (Å²) in [6.07, 6.45) is 3.95. The summed E-state index contributed by atoms with van der Waals surface area (Å²) in [7, 11) is 0. The Hall–Kier alpha value is -1.79. The SMILES string of the molecule is CCCC(CCC)C(=O)Nc1ccc(C#CCN)cc1C. The fourth-order valence-electron chi connectivity index (χ4n) is 2.37. The standard InChI is InChI=1S/C18H26N2O/c1-4-7-16(8-5-2)18(21)20-17-11-10-15(9-6-12-19)13-14(17)3/h10-11,13,16H,4-5,7-8,12,19H2,1-3H3,(H,20,21). The van der Waals surface area contributed by atoms with Crippen molar-refractivity contribution in [1.82, 2.24) is 0 Å². The number of carbonyl (C=O) groups is 1. The van der Waals surface area contributed by atoms with Crippen LogP contribution in [0.4, 0.5) is 5.69 Å². The molecule has 0 saturated heterocycles. The molecule has 0 saturated carbocycles. The highest BCUT2D eigenvalue weighted by atomic mass is 16.1. The molecule has 0 aliphatic heterocycles. The first kappa shape index (κ1) is 17.3. The van der Waals surface area contributed by atoms with E-state index in [9.17, 15) is 4.79 Å². The number of benzene rings is 1. The van der Waals surface area contributed by atoms with Crippen molar-refractivity contribution in [1.29, 1.82) is 0 Å². The second kappa shape index (κ2) is 9.20. The zero-order chi connectivity index (χ0) is 15.7. The lowest BCUT2D eigenvalue weighted by Gasteiger charge is -2.16. The Kier molecular flexibility index (Phi) is 7.56. The maximum atomic E-state index is 12.3. The Morgan fingerprint density at radius 1 is 1.29 bits per heavy atom. The first-order valence-electron chi connectivity index (χ1n) is 7.72. The number of anilines is 1. The van der Waals surface area contributed by atoms with Crippen molar-refractivity contribution in [3.63, 3.8) is 0 Å². The van der Waals surface area contributed by atoms with Gasteiger partial charge in [-0.3, -0.25) is 4.79 Å². The third kappa shape index (κ3) is 5.61. The van der Waals surface area contributed by atoms with Crippen LogP contribution in [-0.4, -0.2) is 12.5 Å². The normalized spacial score (nSPS) is 10.1. The Labute approximate surface area is 128 Å². The molecule has 114 valence electrons. The van der Waals surface area contributed by atoms with Crippen LogP contribution >= 0.6 is 0 Å². The molecule has 21 heavy (non-hydrogen) atoms. The molecule has 0 aromatic heterocycles. The van der Waals surface area contributed by atoms with Gasteiger partial charge in [0, 0.05) is 17.2 Å². The fraction of sp³-hybridized carbons (Fsp3) is 0.500. The predicted molar refractivity (Wildman–Crippen MR) is 89.0 cm³/mol. The second-order valence-electron chi connectivity index (χ2n) is 5.30. The van der Waals surface area contributed by atoms with Crippen molar-refractivity contribution < 1.29 is 4.79 Å². The lowest BCUT2D eigenvalue weighted by molar-refractivity contribution is -0.120. The van der Waals surface area contributed by atoms with Gasteiger partial charge in [-0.15, -0.1) is 0 Å². The van der Waals surface area contributed by atoms with Crippen LogP contribution in [-0.2, 0) is 4.79 Å². The van der Waals surface area contributed by atoms with Crippen molar-refractivity contribution in [2.45, 2.75) is 46.5 Å². The molecule has 0 fully saturated rings. The summed E-state index contributed by atoms with van der Waals surface area (Å²) >= 11 is 0. The molecule has 0 spiro atoms. The third-order valence-corrected chi connectivity index (χ3v) is 3.46. The summed E-state index contributed by atoms with van der Waals surface area (Å²) in [6.45, 7) is 6.57. The Morgan fingerprint density at radius 3 is 2.48 bits per heavy atom. The summed E-state index contributed by atoms with van der Waals surface area (Å²) in [5.41, 5.74) is 8.19. The molecule has 0 bridgehead atoms. The minimum absolute atomic E-state index is 0.108. The van der Waals surface area contributed by atoms with Gasteiger partial charge in [-0.05, 0) is 43.5 Å². The van der Waals surface area contributed by atoms with Crippen LogP contribution in [0.1, 0.15) is 50.7 Å². The van der Waals surface area contributed by atoms with Crippen LogP contribution < -0.4 is 11.1 Å². The second-order valence-corrected chi connectivity index (χ2v) is 5.30. The first-order valence-corrected chi connectivity index (χ1v) is 7.72. The van der Waals surface area contributed by atoms with Gasteiger partial charge in [0.1, 0.15) is 0 Å². The molecule has 3 heteroatoms. The fourth-order valence-corrected chi connectivity index (χ4v) is 2.37. The molecular weight excluding hydrogens is 260 g/mol. The zero-order valence-electron chi connectivity index (χ0n) is 13.3. The molecule has 1 aromatic rings. The molecule has 1 aromatic carbocycles. The highest BCUT2D eigenvalue weighted by Crippen LogP contribution is 2.20. The van der Waals surface area contributed by atoms with E-state index in [2.05, 4.69) is 31.0 Å². The van der Waals surface area contributed by atoms with Gasteiger partial charge in [0.05, 0.1) is 6.54 Å². The molecule has 0 radical (unpaired) electrons. The number of carbonyl (C=O) groups excluding carboxylic acids is 1. The summed E-state index contributed by atoms with van der Waals surface area (Å²) in [6, 6.07) is 5.82. The van der Waals surface area contributed by atoms with E-state index >= 15 is 0 Å². The number of nitrogens with one attached hydrogen (secondary N) is 1. The van der Waals surface area contributed by atoms with Crippen molar-refractivity contribution >= 4 is 11.6 Å². The van der Waals surface area contributed by atoms with Crippen LogP contribution in [0.25, 0.3) is 0 Å². The minimum atomic E-state index is 0.108. The number of amides is 1. The van der Waals surface area contributed by atoms with Gasteiger partial charge in [-0.1, -0.05) is 38.5 Å². The summed E-state index contributed by atoms with van der Waals surface area (Å²) in [5, 5.41) is 3.05. The Balaban J connectivity index is 2.79. The van der Waals surface area contributed by atoms with Crippen molar-refractivity contribution in [2.24, 2.45) is 11.7 Å². The molecular formula is C18H26N2O. The predicted octanol–water partition coefficient (Wildman–Crippen LogP) is 3.46. The van der Waals surface area contributed by atoms with Crippen molar-refractivity contribution in [3.05, 3.63) is 29.3 Å². The maximum Gasteiger partial charge on any atom is 0.227 e. The van der Waals surface area contributed by atoms with E-state index in [1.54, 1.807) is 0 Å². The summed E-state index contributed by atoms with van der Waals surface area (Å²) in [5.74, 6) is 6.07. The number of hydrogen-bond donors (Lipinski definition) is 2. The van der Waals surface area contributed by atoms with Crippen LogP contribution in [0.15, 0.2) is 18.2 Å². The molecule has 3 nitrogen and oxygen atoms in total. The number of hydrogen-bond acceptors (Lipinski definition) is 2. The van der Waals surface area contributed by atoms with Gasteiger partial charge in [0.25, 0.3) is 0 Å². The lowest BCUT2D eigenvalue weighted by Crippen LogP contribution is -2.23. The number of aryl methyl sites for hydroxylation is 1. The molecule has 0 aliphatic rings. The van der Waals surface area contributed by atoms with Crippen molar-refractivity contribution in [3.8, 4) is 11.8 Å². The molecule has 0 aliphatic carbocycles. The lowest BCUT2D eigenvalue weighted by atomic mass is 9.97. The molecule has 0 atom stereocenters. The van der Waals surface area contributed by atoms with E-state index < -0.39 is 0 Å². The van der Waals surface area contributed by atoms with E-state index in [1.807, 2.05) is 25.1 Å². The van der Waals surface area contributed by atoms with E-state index in [-0.39, 0.29) is 11.8 Å².